The Morgan fingerprint density at radius 3 is 2.43 bits per heavy atom. The Morgan fingerprint density at radius 2 is 1.71 bits per heavy atom. The second kappa shape index (κ2) is 5.40. The van der Waals surface area contributed by atoms with E-state index in [1.165, 1.54) is 4.90 Å². The van der Waals surface area contributed by atoms with Crippen molar-refractivity contribution in [3.63, 3.8) is 0 Å². The molecule has 0 fully saturated rings. The highest BCUT2D eigenvalue weighted by Crippen LogP contribution is 2.32. The van der Waals surface area contributed by atoms with Gasteiger partial charge in [-0.05, 0) is 17.2 Å². The number of anilines is 1. The first-order chi connectivity index (χ1) is 10.2. The fourth-order valence-corrected chi connectivity index (χ4v) is 2.75. The summed E-state index contributed by atoms with van der Waals surface area (Å²) in [6.45, 7) is 0. The highest BCUT2D eigenvalue weighted by Gasteiger charge is 2.37. The van der Waals surface area contributed by atoms with Crippen molar-refractivity contribution in [1.82, 2.24) is 0 Å². The van der Waals surface area contributed by atoms with Gasteiger partial charge in [0.15, 0.2) is 0 Å². The molecule has 1 aliphatic rings. The predicted molar refractivity (Wildman–Crippen MR) is 79.2 cm³/mol. The highest BCUT2D eigenvalue weighted by atomic mass is 16.4. The van der Waals surface area contributed by atoms with Crippen LogP contribution in [0.1, 0.15) is 11.1 Å². The number of carbonyl (C=O) groups is 2. The van der Waals surface area contributed by atoms with E-state index < -0.39 is 12.0 Å². The predicted octanol–water partition coefficient (Wildman–Crippen LogP) is 2.27. The van der Waals surface area contributed by atoms with Crippen LogP contribution in [-0.4, -0.2) is 23.0 Å². The van der Waals surface area contributed by atoms with Gasteiger partial charge in [-0.25, -0.2) is 4.79 Å². The number of aliphatic carboxylic acids is 1. The number of nitrogens with zero attached hydrogens (tertiary/aromatic N) is 1. The molecule has 1 heterocycles. The zero-order chi connectivity index (χ0) is 14.8. The second-order valence-electron chi connectivity index (χ2n) is 5.11. The average Bonchev–Trinajstić information content (AvgIpc) is 2.88. The Labute approximate surface area is 122 Å². The molecule has 0 aromatic heterocycles. The summed E-state index contributed by atoms with van der Waals surface area (Å²) in [5.41, 5.74) is 2.51. The minimum Gasteiger partial charge on any atom is -0.480 e. The lowest BCUT2D eigenvalue weighted by atomic mass is 10.1. The molecular formula is C17H15NO3. The van der Waals surface area contributed by atoms with Gasteiger partial charge in [0.2, 0.25) is 5.91 Å². The van der Waals surface area contributed by atoms with Crippen molar-refractivity contribution in [2.24, 2.45) is 0 Å². The Hall–Kier alpha value is -2.62. The lowest BCUT2D eigenvalue weighted by molar-refractivity contribution is -0.139. The topological polar surface area (TPSA) is 57.6 Å². The van der Waals surface area contributed by atoms with Crippen LogP contribution in [0.3, 0.4) is 0 Å². The number of hydrogen-bond donors (Lipinski definition) is 1. The molecule has 1 amide bonds. The molecule has 0 bridgehead atoms. The number of carbonyl (C=O) groups excluding carboxylic acids is 1. The summed E-state index contributed by atoms with van der Waals surface area (Å²) in [7, 11) is 0. The number of para-hydroxylation sites is 1. The fourth-order valence-electron chi connectivity index (χ4n) is 2.75. The van der Waals surface area contributed by atoms with Gasteiger partial charge in [0.05, 0.1) is 6.42 Å². The summed E-state index contributed by atoms with van der Waals surface area (Å²) in [5, 5.41) is 9.38. The number of fused-ring (bicyclic) bond motifs is 1. The lowest BCUT2D eigenvalue weighted by Gasteiger charge is -2.22. The summed E-state index contributed by atoms with van der Waals surface area (Å²) in [6, 6.07) is 15.9. The number of carboxylic acids is 1. The molecule has 3 rings (SSSR count). The van der Waals surface area contributed by atoms with Crippen LogP contribution >= 0.6 is 0 Å². The van der Waals surface area contributed by atoms with Crippen molar-refractivity contribution in [1.29, 1.82) is 0 Å². The van der Waals surface area contributed by atoms with Gasteiger partial charge in [-0.3, -0.25) is 9.69 Å². The standard InChI is InChI=1S/C17H15NO3/c19-16(10-12-6-2-1-3-7-12)18-14-9-5-4-8-13(14)11-15(18)17(20)21/h1-9,15H,10-11H2,(H,20,21). The number of benzene rings is 2. The van der Waals surface area contributed by atoms with E-state index in [1.807, 2.05) is 48.5 Å². The number of hydrogen-bond acceptors (Lipinski definition) is 2. The first-order valence-electron chi connectivity index (χ1n) is 6.83. The van der Waals surface area contributed by atoms with Crippen LogP contribution in [-0.2, 0) is 22.4 Å². The van der Waals surface area contributed by atoms with Gasteiger partial charge in [0, 0.05) is 12.1 Å². The van der Waals surface area contributed by atoms with Crippen molar-refractivity contribution in [3.8, 4) is 0 Å². The number of rotatable bonds is 3. The zero-order valence-electron chi connectivity index (χ0n) is 11.4. The van der Waals surface area contributed by atoms with E-state index in [4.69, 9.17) is 0 Å². The molecule has 1 N–H and O–H groups in total. The van der Waals surface area contributed by atoms with Gasteiger partial charge in [-0.15, -0.1) is 0 Å². The molecule has 1 atom stereocenters. The second-order valence-corrected chi connectivity index (χ2v) is 5.11. The minimum atomic E-state index is -0.965. The maximum atomic E-state index is 12.6. The molecule has 0 spiro atoms. The van der Waals surface area contributed by atoms with Crippen LogP contribution in [0.5, 0.6) is 0 Å². The van der Waals surface area contributed by atoms with Crippen molar-refractivity contribution >= 4 is 17.6 Å². The molecular weight excluding hydrogens is 266 g/mol. The molecule has 1 unspecified atom stereocenters. The molecule has 0 radical (unpaired) electrons. The monoisotopic (exact) mass is 281 g/mol. The van der Waals surface area contributed by atoms with Gasteiger partial charge in [-0.2, -0.15) is 0 Å². The Balaban J connectivity index is 1.91. The molecule has 2 aromatic carbocycles. The largest absolute Gasteiger partial charge is 0.480 e. The van der Waals surface area contributed by atoms with E-state index in [-0.39, 0.29) is 12.3 Å². The summed E-state index contributed by atoms with van der Waals surface area (Å²) in [4.78, 5) is 25.4. The van der Waals surface area contributed by atoms with Crippen molar-refractivity contribution < 1.29 is 14.7 Å². The van der Waals surface area contributed by atoms with Gasteiger partial charge in [-0.1, -0.05) is 48.5 Å². The van der Waals surface area contributed by atoms with E-state index in [0.29, 0.717) is 12.1 Å². The third kappa shape index (κ3) is 2.52. The highest BCUT2D eigenvalue weighted by molar-refractivity contribution is 6.02. The minimum absolute atomic E-state index is 0.182. The van der Waals surface area contributed by atoms with Crippen molar-refractivity contribution in [2.45, 2.75) is 18.9 Å². The molecule has 0 saturated carbocycles. The summed E-state index contributed by atoms with van der Waals surface area (Å²) < 4.78 is 0. The third-order valence-electron chi connectivity index (χ3n) is 3.73. The number of carboxylic acid groups (broad SMARTS) is 1. The van der Waals surface area contributed by atoms with Crippen LogP contribution in [0.15, 0.2) is 54.6 Å². The molecule has 4 heteroatoms. The molecule has 21 heavy (non-hydrogen) atoms. The molecule has 2 aromatic rings. The van der Waals surface area contributed by atoms with Crippen LogP contribution in [0.2, 0.25) is 0 Å². The van der Waals surface area contributed by atoms with E-state index >= 15 is 0 Å². The van der Waals surface area contributed by atoms with Crippen molar-refractivity contribution in [3.05, 3.63) is 65.7 Å². The Morgan fingerprint density at radius 1 is 1.05 bits per heavy atom. The van der Waals surface area contributed by atoms with Gasteiger partial charge in [0.25, 0.3) is 0 Å². The summed E-state index contributed by atoms with van der Waals surface area (Å²) in [6.07, 6.45) is 0.574. The third-order valence-corrected chi connectivity index (χ3v) is 3.73. The van der Waals surface area contributed by atoms with E-state index in [2.05, 4.69) is 0 Å². The first-order valence-corrected chi connectivity index (χ1v) is 6.83. The molecule has 1 aliphatic heterocycles. The SMILES string of the molecule is O=C(O)C1Cc2ccccc2N1C(=O)Cc1ccccc1. The Kier molecular flexibility index (Phi) is 3.44. The molecule has 4 nitrogen and oxygen atoms in total. The van der Waals surface area contributed by atoms with Crippen LogP contribution < -0.4 is 4.90 Å². The summed E-state index contributed by atoms with van der Waals surface area (Å²) in [5.74, 6) is -1.15. The van der Waals surface area contributed by atoms with Gasteiger partial charge < -0.3 is 5.11 Å². The summed E-state index contributed by atoms with van der Waals surface area (Å²) >= 11 is 0. The van der Waals surface area contributed by atoms with E-state index in [9.17, 15) is 14.7 Å². The molecule has 0 aliphatic carbocycles. The number of amides is 1. The van der Waals surface area contributed by atoms with Crippen LogP contribution in [0, 0.1) is 0 Å². The maximum Gasteiger partial charge on any atom is 0.327 e. The van der Waals surface area contributed by atoms with Gasteiger partial charge in [0.1, 0.15) is 6.04 Å². The van der Waals surface area contributed by atoms with Crippen molar-refractivity contribution in [2.75, 3.05) is 4.90 Å². The van der Waals surface area contributed by atoms with E-state index in [0.717, 1.165) is 11.1 Å². The smallest absolute Gasteiger partial charge is 0.327 e. The fraction of sp³-hybridized carbons (Fsp3) is 0.176. The Bertz CT molecular complexity index is 681. The van der Waals surface area contributed by atoms with Crippen LogP contribution in [0.4, 0.5) is 5.69 Å². The first kappa shape index (κ1) is 13.4. The van der Waals surface area contributed by atoms with E-state index in [1.54, 1.807) is 6.07 Å². The van der Waals surface area contributed by atoms with Crippen LogP contribution in [0.25, 0.3) is 0 Å². The average molecular weight is 281 g/mol. The zero-order valence-corrected chi connectivity index (χ0v) is 11.4. The quantitative estimate of drug-likeness (QED) is 0.939. The lowest BCUT2D eigenvalue weighted by Crippen LogP contribution is -2.43. The maximum absolute atomic E-state index is 12.6. The molecule has 106 valence electrons. The normalized spacial score (nSPS) is 16.6. The van der Waals surface area contributed by atoms with Gasteiger partial charge >= 0.3 is 5.97 Å². The molecule has 0 saturated heterocycles.